The minimum Gasteiger partial charge on any atom is -0.236 e. The van der Waals surface area contributed by atoms with Gasteiger partial charge in [-0.2, -0.15) is 4.68 Å². The fourth-order valence-corrected chi connectivity index (χ4v) is 3.42. The van der Waals surface area contributed by atoms with Crippen LogP contribution in [0.5, 0.6) is 0 Å². The Morgan fingerprint density at radius 2 is 1.50 bits per heavy atom. The molecule has 0 saturated heterocycles. The minimum absolute atomic E-state index is 0.552. The van der Waals surface area contributed by atoms with Crippen LogP contribution in [0.1, 0.15) is 0 Å². The Morgan fingerprint density at radius 1 is 0.767 bits per heavy atom. The van der Waals surface area contributed by atoms with Crippen LogP contribution in [0.3, 0.4) is 0 Å². The summed E-state index contributed by atoms with van der Waals surface area (Å²) in [5.41, 5.74) is 4.06. The molecule has 2 heterocycles. The van der Waals surface area contributed by atoms with E-state index in [1.54, 1.807) is 10.9 Å². The number of benzene rings is 3. The number of hydrogen-bond donors (Lipinski definition) is 0. The Kier molecular flexibility index (Phi) is 4.75. The third kappa shape index (κ3) is 3.44. The maximum Gasteiger partial charge on any atom is 0.190 e. The predicted octanol–water partition coefficient (Wildman–Crippen LogP) is 5.11. The van der Waals surface area contributed by atoms with Gasteiger partial charge in [-0.1, -0.05) is 72.3 Å². The molecule has 30 heavy (non-hydrogen) atoms. The Hall–Kier alpha value is -3.90. The molecule has 3 aromatic carbocycles. The molecular formula is C23H15ClN6. The molecule has 6 nitrogen and oxygen atoms in total. The number of rotatable bonds is 4. The zero-order valence-electron chi connectivity index (χ0n) is 15.7. The van der Waals surface area contributed by atoms with E-state index in [2.05, 4.69) is 20.5 Å². The summed E-state index contributed by atoms with van der Waals surface area (Å²) < 4.78 is 1.68. The quantitative estimate of drug-likeness (QED) is 0.412. The first kappa shape index (κ1) is 18.1. The Morgan fingerprint density at radius 3 is 2.27 bits per heavy atom. The van der Waals surface area contributed by atoms with Crippen LogP contribution >= 0.6 is 11.6 Å². The van der Waals surface area contributed by atoms with E-state index in [9.17, 15) is 0 Å². The fraction of sp³-hybridized carbons (Fsp3) is 0. The minimum atomic E-state index is 0.552. The number of aromatic nitrogens is 6. The van der Waals surface area contributed by atoms with Crippen LogP contribution in [0.4, 0.5) is 0 Å². The molecule has 5 rings (SSSR count). The van der Waals surface area contributed by atoms with Gasteiger partial charge in [0.2, 0.25) is 0 Å². The van der Waals surface area contributed by atoms with Crippen molar-refractivity contribution in [1.29, 1.82) is 0 Å². The molecule has 0 aliphatic carbocycles. The van der Waals surface area contributed by atoms with E-state index in [1.165, 1.54) is 0 Å². The first-order chi connectivity index (χ1) is 14.8. The van der Waals surface area contributed by atoms with Crippen molar-refractivity contribution in [3.8, 4) is 39.7 Å². The summed E-state index contributed by atoms with van der Waals surface area (Å²) in [5.74, 6) is 1.17. The molecule has 0 fully saturated rings. The van der Waals surface area contributed by atoms with Crippen LogP contribution in [0.2, 0.25) is 5.02 Å². The molecule has 0 N–H and O–H groups in total. The Bertz CT molecular complexity index is 1300. The van der Waals surface area contributed by atoms with Crippen molar-refractivity contribution in [2.24, 2.45) is 0 Å². The summed E-state index contributed by atoms with van der Waals surface area (Å²) in [5, 5.41) is 12.9. The highest BCUT2D eigenvalue weighted by molar-refractivity contribution is 6.30. The van der Waals surface area contributed by atoms with Crippen molar-refractivity contribution in [2.75, 3.05) is 0 Å². The van der Waals surface area contributed by atoms with Gasteiger partial charge in [0, 0.05) is 22.3 Å². The number of para-hydroxylation sites is 1. The molecule has 0 aliphatic heterocycles. The lowest BCUT2D eigenvalue weighted by molar-refractivity contribution is 0.791. The molecule has 2 aromatic heterocycles. The molecule has 0 aliphatic rings. The topological polar surface area (TPSA) is 69.4 Å². The van der Waals surface area contributed by atoms with Gasteiger partial charge in [0.05, 0.1) is 16.9 Å². The van der Waals surface area contributed by atoms with E-state index in [0.717, 1.165) is 16.8 Å². The average molecular weight is 411 g/mol. The highest BCUT2D eigenvalue weighted by Crippen LogP contribution is 2.32. The van der Waals surface area contributed by atoms with E-state index >= 15 is 0 Å². The van der Waals surface area contributed by atoms with E-state index in [1.807, 2.05) is 84.9 Å². The normalized spacial score (nSPS) is 10.8. The van der Waals surface area contributed by atoms with E-state index in [0.29, 0.717) is 27.9 Å². The molecule has 0 atom stereocenters. The van der Waals surface area contributed by atoms with Crippen LogP contribution < -0.4 is 0 Å². The first-order valence-electron chi connectivity index (χ1n) is 9.32. The number of halogens is 1. The summed E-state index contributed by atoms with van der Waals surface area (Å²) >= 11 is 6.27. The highest BCUT2D eigenvalue weighted by Gasteiger charge is 2.19. The summed E-state index contributed by atoms with van der Waals surface area (Å²) in [6.07, 6.45) is 1.76. The number of nitrogens with zero attached hydrogens (tertiary/aromatic N) is 6. The first-order valence-corrected chi connectivity index (χ1v) is 9.70. The van der Waals surface area contributed by atoms with Gasteiger partial charge < -0.3 is 0 Å². The van der Waals surface area contributed by atoms with Crippen LogP contribution in [0.15, 0.2) is 91.1 Å². The van der Waals surface area contributed by atoms with Crippen LogP contribution in [0, 0.1) is 0 Å². The van der Waals surface area contributed by atoms with Gasteiger partial charge in [-0.15, -0.1) is 5.10 Å². The van der Waals surface area contributed by atoms with Crippen LogP contribution in [-0.2, 0) is 0 Å². The molecule has 0 saturated carbocycles. The summed E-state index contributed by atoms with van der Waals surface area (Å²) in [6, 6.07) is 27.1. The third-order valence-corrected chi connectivity index (χ3v) is 4.87. The molecule has 0 spiro atoms. The maximum absolute atomic E-state index is 6.27. The van der Waals surface area contributed by atoms with Crippen molar-refractivity contribution in [2.45, 2.75) is 0 Å². The molecular weight excluding hydrogens is 396 g/mol. The largest absolute Gasteiger partial charge is 0.236 e. The molecule has 0 amide bonds. The van der Waals surface area contributed by atoms with Gasteiger partial charge >= 0.3 is 0 Å². The van der Waals surface area contributed by atoms with Gasteiger partial charge in [0.25, 0.3) is 0 Å². The zero-order chi connectivity index (χ0) is 20.3. The molecule has 0 unspecified atom stereocenters. The lowest BCUT2D eigenvalue weighted by atomic mass is 10.1. The van der Waals surface area contributed by atoms with Gasteiger partial charge in [-0.05, 0) is 34.7 Å². The molecule has 0 bridgehead atoms. The smallest absolute Gasteiger partial charge is 0.190 e. The van der Waals surface area contributed by atoms with E-state index in [-0.39, 0.29) is 0 Å². The van der Waals surface area contributed by atoms with Crippen LogP contribution in [-0.4, -0.2) is 30.2 Å². The van der Waals surface area contributed by atoms with E-state index in [4.69, 9.17) is 16.6 Å². The highest BCUT2D eigenvalue weighted by atomic mass is 35.5. The second-order valence-electron chi connectivity index (χ2n) is 6.58. The lowest BCUT2D eigenvalue weighted by Gasteiger charge is -2.11. The summed E-state index contributed by atoms with van der Waals surface area (Å²) in [7, 11) is 0. The van der Waals surface area contributed by atoms with Crippen molar-refractivity contribution < 1.29 is 0 Å². The molecule has 0 radical (unpaired) electrons. The molecule has 144 valence electrons. The Labute approximate surface area is 177 Å². The van der Waals surface area contributed by atoms with Gasteiger partial charge in [-0.25, -0.2) is 9.97 Å². The lowest BCUT2D eigenvalue weighted by Crippen LogP contribution is -2.03. The van der Waals surface area contributed by atoms with Gasteiger partial charge in [0.1, 0.15) is 0 Å². The SMILES string of the molecule is Clc1cccc(-c2nc(-c3ccccc3)ncc2-c2nnnn2-c2ccccc2)c1. The second-order valence-corrected chi connectivity index (χ2v) is 7.02. The fourth-order valence-electron chi connectivity index (χ4n) is 3.23. The average Bonchev–Trinajstić information content (AvgIpc) is 3.30. The summed E-state index contributed by atoms with van der Waals surface area (Å²) in [4.78, 5) is 9.46. The Balaban J connectivity index is 1.73. The predicted molar refractivity (Wildman–Crippen MR) is 116 cm³/mol. The maximum atomic E-state index is 6.27. The van der Waals surface area contributed by atoms with Crippen molar-refractivity contribution in [3.63, 3.8) is 0 Å². The van der Waals surface area contributed by atoms with Crippen LogP contribution in [0.25, 0.3) is 39.7 Å². The number of hydrogen-bond acceptors (Lipinski definition) is 5. The summed E-state index contributed by atoms with van der Waals surface area (Å²) in [6.45, 7) is 0. The van der Waals surface area contributed by atoms with E-state index < -0.39 is 0 Å². The van der Waals surface area contributed by atoms with Gasteiger partial charge in [0.15, 0.2) is 11.6 Å². The van der Waals surface area contributed by atoms with Crippen molar-refractivity contribution in [3.05, 3.63) is 96.1 Å². The third-order valence-electron chi connectivity index (χ3n) is 4.63. The van der Waals surface area contributed by atoms with Crippen molar-refractivity contribution in [1.82, 2.24) is 30.2 Å². The van der Waals surface area contributed by atoms with Crippen molar-refractivity contribution >= 4 is 11.6 Å². The van der Waals surface area contributed by atoms with Gasteiger partial charge in [-0.3, -0.25) is 0 Å². The monoisotopic (exact) mass is 410 g/mol. The standard InChI is InChI=1S/C23H15ClN6/c24-18-11-7-10-17(14-18)21-20(15-25-22(26-21)16-8-3-1-4-9-16)23-27-28-29-30(23)19-12-5-2-6-13-19/h1-15H. The zero-order valence-corrected chi connectivity index (χ0v) is 16.5. The second kappa shape index (κ2) is 7.85. The molecule has 7 heteroatoms. The number of tetrazole rings is 1. The molecule has 5 aromatic rings.